The highest BCUT2D eigenvalue weighted by atomic mass is 32.2. The maximum atomic E-state index is 12.5. The van der Waals surface area contributed by atoms with Gasteiger partial charge in [0.25, 0.3) is 0 Å². The summed E-state index contributed by atoms with van der Waals surface area (Å²) in [5, 5.41) is 4.67. The van der Waals surface area contributed by atoms with Crippen LogP contribution in [0.25, 0.3) is 16.2 Å². The molecule has 0 aliphatic rings. The van der Waals surface area contributed by atoms with E-state index in [9.17, 15) is 13.2 Å². The van der Waals surface area contributed by atoms with E-state index in [0.29, 0.717) is 5.69 Å². The molecule has 8 heteroatoms. The van der Waals surface area contributed by atoms with Gasteiger partial charge in [-0.05, 0) is 18.2 Å². The molecule has 1 N–H and O–H groups in total. The number of aromatic nitrogens is 2. The molecule has 2 aromatic heterocycles. The van der Waals surface area contributed by atoms with Gasteiger partial charge in [0.05, 0.1) is 17.0 Å². The molecule has 0 unspecified atom stereocenters. The van der Waals surface area contributed by atoms with Gasteiger partial charge in [-0.2, -0.15) is 0 Å². The number of anilines is 1. The second-order valence-electron chi connectivity index (χ2n) is 6.40. The number of fused-ring (bicyclic) bond motifs is 1. The van der Waals surface area contributed by atoms with Gasteiger partial charge >= 0.3 is 0 Å². The van der Waals surface area contributed by atoms with Gasteiger partial charge in [-0.3, -0.25) is 9.20 Å². The molecule has 6 nitrogen and oxygen atoms in total. The average Bonchev–Trinajstić information content (AvgIpc) is 3.24. The third-order valence-electron chi connectivity index (χ3n) is 4.24. The Hall–Kier alpha value is -2.97. The Morgan fingerprint density at radius 3 is 2.68 bits per heavy atom. The summed E-state index contributed by atoms with van der Waals surface area (Å²) in [6, 6.07) is 16.1. The van der Waals surface area contributed by atoms with Crippen LogP contribution in [0.4, 0.5) is 5.69 Å². The first-order valence-electron chi connectivity index (χ1n) is 8.51. The molecule has 0 aliphatic carbocycles. The number of hydrogen-bond acceptors (Lipinski definition) is 5. The van der Waals surface area contributed by atoms with E-state index in [0.717, 1.165) is 28.2 Å². The molecule has 28 heavy (non-hydrogen) atoms. The van der Waals surface area contributed by atoms with Gasteiger partial charge in [0.2, 0.25) is 5.91 Å². The lowest BCUT2D eigenvalue weighted by Gasteiger charge is -2.06. The van der Waals surface area contributed by atoms with Gasteiger partial charge in [0.1, 0.15) is 0 Å². The summed E-state index contributed by atoms with van der Waals surface area (Å²) in [6.07, 6.45) is 3.22. The number of benzene rings is 2. The Labute approximate surface area is 166 Å². The van der Waals surface area contributed by atoms with Crippen molar-refractivity contribution in [3.8, 4) is 11.3 Å². The maximum Gasteiger partial charge on any atom is 0.230 e. The van der Waals surface area contributed by atoms with Crippen molar-refractivity contribution in [2.24, 2.45) is 0 Å². The number of thiazole rings is 1. The normalized spacial score (nSPS) is 11.6. The lowest BCUT2D eigenvalue weighted by atomic mass is 10.2. The van der Waals surface area contributed by atoms with Crippen LogP contribution in [-0.4, -0.2) is 30.0 Å². The van der Waals surface area contributed by atoms with Crippen molar-refractivity contribution in [2.45, 2.75) is 11.3 Å². The highest BCUT2D eigenvalue weighted by molar-refractivity contribution is 7.90. The highest BCUT2D eigenvalue weighted by Gasteiger charge is 2.14. The van der Waals surface area contributed by atoms with Crippen LogP contribution in [0.2, 0.25) is 0 Å². The Balaban J connectivity index is 1.54. The van der Waals surface area contributed by atoms with Crippen LogP contribution in [0.15, 0.2) is 71.1 Å². The van der Waals surface area contributed by atoms with E-state index in [1.54, 1.807) is 12.1 Å². The number of nitrogens with zero attached hydrogens (tertiary/aromatic N) is 2. The Bertz CT molecular complexity index is 1260. The van der Waals surface area contributed by atoms with Gasteiger partial charge < -0.3 is 5.32 Å². The molecule has 0 fully saturated rings. The number of nitrogens with one attached hydrogen (secondary N) is 1. The minimum Gasteiger partial charge on any atom is -0.326 e. The van der Waals surface area contributed by atoms with Crippen LogP contribution in [0.5, 0.6) is 0 Å². The second kappa shape index (κ2) is 7.21. The average molecular weight is 412 g/mol. The fourth-order valence-corrected chi connectivity index (χ4v) is 4.42. The molecular weight excluding hydrogens is 394 g/mol. The van der Waals surface area contributed by atoms with Crippen molar-refractivity contribution in [1.82, 2.24) is 9.38 Å². The molecule has 2 heterocycles. The molecule has 0 aliphatic heterocycles. The zero-order chi connectivity index (χ0) is 19.7. The fraction of sp³-hybridized carbons (Fsp3) is 0.100. The van der Waals surface area contributed by atoms with Crippen molar-refractivity contribution in [3.63, 3.8) is 0 Å². The van der Waals surface area contributed by atoms with E-state index >= 15 is 0 Å². The topological polar surface area (TPSA) is 80.5 Å². The summed E-state index contributed by atoms with van der Waals surface area (Å²) < 4.78 is 25.3. The monoisotopic (exact) mass is 411 g/mol. The molecule has 1 amide bonds. The highest BCUT2D eigenvalue weighted by Crippen LogP contribution is 2.24. The van der Waals surface area contributed by atoms with Crippen LogP contribution in [-0.2, 0) is 21.1 Å². The smallest absolute Gasteiger partial charge is 0.230 e. The predicted molar refractivity (Wildman–Crippen MR) is 110 cm³/mol. The second-order valence-corrected chi connectivity index (χ2v) is 9.25. The molecule has 0 radical (unpaired) electrons. The quantitative estimate of drug-likeness (QED) is 0.544. The Morgan fingerprint density at radius 1 is 1.14 bits per heavy atom. The third kappa shape index (κ3) is 3.83. The molecule has 4 aromatic rings. The van der Waals surface area contributed by atoms with Crippen LogP contribution < -0.4 is 5.32 Å². The number of hydrogen-bond donors (Lipinski definition) is 1. The minimum atomic E-state index is -3.33. The molecule has 142 valence electrons. The van der Waals surface area contributed by atoms with Gasteiger partial charge in [0.15, 0.2) is 14.8 Å². The molecule has 4 rings (SSSR count). The number of carbonyl (C=O) groups excluding carboxylic acids is 1. The summed E-state index contributed by atoms with van der Waals surface area (Å²) in [7, 11) is -3.33. The first-order chi connectivity index (χ1) is 13.4. The zero-order valence-corrected chi connectivity index (χ0v) is 16.6. The van der Waals surface area contributed by atoms with E-state index in [4.69, 9.17) is 0 Å². The van der Waals surface area contributed by atoms with E-state index in [1.807, 2.05) is 46.3 Å². The van der Waals surface area contributed by atoms with E-state index in [1.165, 1.54) is 23.5 Å². The summed E-state index contributed by atoms with van der Waals surface area (Å²) in [5.74, 6) is -0.222. The maximum absolute atomic E-state index is 12.5. The van der Waals surface area contributed by atoms with Crippen molar-refractivity contribution < 1.29 is 13.2 Å². The molecule has 0 spiro atoms. The number of sulfone groups is 1. The molecule has 0 saturated heterocycles. The van der Waals surface area contributed by atoms with Crippen molar-refractivity contribution in [1.29, 1.82) is 0 Å². The summed E-state index contributed by atoms with van der Waals surface area (Å²) >= 11 is 1.48. The van der Waals surface area contributed by atoms with Crippen LogP contribution in [0.1, 0.15) is 5.69 Å². The lowest BCUT2D eigenvalue weighted by molar-refractivity contribution is -0.115. The first kappa shape index (κ1) is 18.4. The fourth-order valence-electron chi connectivity index (χ4n) is 2.88. The molecule has 0 atom stereocenters. The van der Waals surface area contributed by atoms with Crippen molar-refractivity contribution in [3.05, 3.63) is 71.9 Å². The van der Waals surface area contributed by atoms with Crippen molar-refractivity contribution >= 4 is 37.7 Å². The number of rotatable bonds is 5. The number of amides is 1. The molecule has 0 bridgehead atoms. The van der Waals surface area contributed by atoms with E-state index in [2.05, 4.69) is 10.3 Å². The third-order valence-corrected chi connectivity index (χ3v) is 6.24. The van der Waals surface area contributed by atoms with Crippen LogP contribution >= 0.6 is 11.3 Å². The SMILES string of the molecule is CS(=O)(=O)c1cccc(NC(=O)Cc2csc3nc(-c4ccccc4)cn23)c1. The van der Waals surface area contributed by atoms with Crippen LogP contribution in [0.3, 0.4) is 0 Å². The lowest BCUT2D eigenvalue weighted by Crippen LogP contribution is -2.15. The summed E-state index contributed by atoms with van der Waals surface area (Å²) in [4.78, 5) is 18.1. The zero-order valence-electron chi connectivity index (χ0n) is 15.0. The van der Waals surface area contributed by atoms with E-state index < -0.39 is 9.84 Å². The molecule has 0 saturated carbocycles. The standard InChI is InChI=1S/C20H17N3O3S2/c1-28(25,26)17-9-5-8-15(10-17)21-19(24)11-16-13-27-20-22-18(12-23(16)20)14-6-3-2-4-7-14/h2-10,12-13H,11H2,1H3,(H,21,24). The van der Waals surface area contributed by atoms with E-state index in [-0.39, 0.29) is 17.2 Å². The number of imidazole rings is 1. The molecular formula is C20H17N3O3S2. The largest absolute Gasteiger partial charge is 0.326 e. The Kier molecular flexibility index (Phi) is 4.74. The molecule has 2 aromatic carbocycles. The minimum absolute atomic E-state index is 0.160. The summed E-state index contributed by atoms with van der Waals surface area (Å²) in [6.45, 7) is 0. The van der Waals surface area contributed by atoms with Crippen LogP contribution in [0, 0.1) is 0 Å². The predicted octanol–water partition coefficient (Wildman–Crippen LogP) is 3.65. The Morgan fingerprint density at radius 2 is 1.93 bits per heavy atom. The van der Waals surface area contributed by atoms with Gasteiger partial charge in [-0.25, -0.2) is 13.4 Å². The summed E-state index contributed by atoms with van der Waals surface area (Å²) in [5.41, 5.74) is 3.16. The first-order valence-corrected chi connectivity index (χ1v) is 11.3. The van der Waals surface area contributed by atoms with Crippen molar-refractivity contribution in [2.75, 3.05) is 11.6 Å². The van der Waals surface area contributed by atoms with Gasteiger partial charge in [0, 0.05) is 34.8 Å². The number of carbonyl (C=O) groups is 1. The van der Waals surface area contributed by atoms with Gasteiger partial charge in [-0.1, -0.05) is 36.4 Å². The van der Waals surface area contributed by atoms with Gasteiger partial charge in [-0.15, -0.1) is 11.3 Å².